The second-order valence-electron chi connectivity index (χ2n) is 5.62. The molecule has 1 heterocycles. The van der Waals surface area contributed by atoms with Crippen LogP contribution in [0.2, 0.25) is 0 Å². The maximum atomic E-state index is 5.35. The van der Waals surface area contributed by atoms with Crippen LogP contribution in [0, 0.1) is 12.3 Å². The molecule has 0 saturated carbocycles. The van der Waals surface area contributed by atoms with Crippen molar-refractivity contribution >= 4 is 15.9 Å². The van der Waals surface area contributed by atoms with Crippen molar-refractivity contribution in [3.8, 4) is 12.3 Å². The van der Waals surface area contributed by atoms with Crippen LogP contribution in [-0.4, -0.2) is 30.1 Å². The molecule has 0 unspecified atom stereocenters. The van der Waals surface area contributed by atoms with E-state index in [1.165, 1.54) is 22.9 Å². The zero-order chi connectivity index (χ0) is 14.4. The number of nitrogens with zero attached hydrogens (tertiary/aromatic N) is 1. The lowest BCUT2D eigenvalue weighted by molar-refractivity contribution is 0.185. The molecule has 1 aromatic rings. The number of piperidine rings is 1. The number of nitrogens with one attached hydrogen (secondary N) is 1. The lowest BCUT2D eigenvalue weighted by atomic mass is 10.0. The van der Waals surface area contributed by atoms with Gasteiger partial charge >= 0.3 is 0 Å². The first-order valence-corrected chi connectivity index (χ1v) is 8.13. The van der Waals surface area contributed by atoms with Crippen molar-refractivity contribution in [3.63, 3.8) is 0 Å². The van der Waals surface area contributed by atoms with Crippen LogP contribution in [0.25, 0.3) is 0 Å². The van der Waals surface area contributed by atoms with Gasteiger partial charge in [-0.1, -0.05) is 34.1 Å². The highest BCUT2D eigenvalue weighted by atomic mass is 79.9. The number of rotatable bonds is 5. The molecule has 1 fully saturated rings. The Labute approximate surface area is 131 Å². The highest BCUT2D eigenvalue weighted by molar-refractivity contribution is 9.10. The minimum absolute atomic E-state index is 0.430. The van der Waals surface area contributed by atoms with E-state index in [1.54, 1.807) is 0 Å². The molecule has 2 rings (SSSR count). The van der Waals surface area contributed by atoms with E-state index in [-0.39, 0.29) is 0 Å². The van der Waals surface area contributed by atoms with Gasteiger partial charge in [-0.3, -0.25) is 4.90 Å². The van der Waals surface area contributed by atoms with E-state index in [2.05, 4.69) is 63.3 Å². The molecule has 20 heavy (non-hydrogen) atoms. The van der Waals surface area contributed by atoms with Gasteiger partial charge in [-0.05, 0) is 44.5 Å². The quantitative estimate of drug-likeness (QED) is 0.830. The number of hydrogen-bond acceptors (Lipinski definition) is 2. The summed E-state index contributed by atoms with van der Waals surface area (Å²) in [6, 6.07) is 9.54. The topological polar surface area (TPSA) is 15.3 Å². The predicted octanol–water partition coefficient (Wildman–Crippen LogP) is 3.41. The minimum atomic E-state index is 0.430. The van der Waals surface area contributed by atoms with E-state index in [0.29, 0.717) is 12.1 Å². The molecule has 108 valence electrons. The van der Waals surface area contributed by atoms with E-state index in [4.69, 9.17) is 6.42 Å². The van der Waals surface area contributed by atoms with E-state index in [0.717, 1.165) is 26.1 Å². The van der Waals surface area contributed by atoms with Crippen LogP contribution >= 0.6 is 15.9 Å². The molecule has 1 aliphatic heterocycles. The van der Waals surface area contributed by atoms with Gasteiger partial charge in [0.1, 0.15) is 0 Å². The molecule has 0 radical (unpaired) electrons. The van der Waals surface area contributed by atoms with Crippen molar-refractivity contribution in [1.82, 2.24) is 10.2 Å². The maximum Gasteiger partial charge on any atom is 0.0244 e. The fourth-order valence-electron chi connectivity index (χ4n) is 2.76. The largest absolute Gasteiger partial charge is 0.310 e. The zero-order valence-corrected chi connectivity index (χ0v) is 13.7. The Balaban J connectivity index is 1.77. The highest BCUT2D eigenvalue weighted by Crippen LogP contribution is 2.20. The molecule has 1 aromatic carbocycles. The molecule has 0 aliphatic carbocycles. The van der Waals surface area contributed by atoms with Gasteiger partial charge in [0, 0.05) is 29.5 Å². The predicted molar refractivity (Wildman–Crippen MR) is 88.5 cm³/mol. The summed E-state index contributed by atoms with van der Waals surface area (Å²) in [5, 5.41) is 3.64. The van der Waals surface area contributed by atoms with Gasteiger partial charge < -0.3 is 5.32 Å². The van der Waals surface area contributed by atoms with Gasteiger partial charge in [-0.25, -0.2) is 0 Å². The average Bonchev–Trinajstić information content (AvgIpc) is 2.44. The van der Waals surface area contributed by atoms with Gasteiger partial charge in [0.15, 0.2) is 0 Å². The molecule has 0 bridgehead atoms. The first kappa shape index (κ1) is 15.6. The summed E-state index contributed by atoms with van der Waals surface area (Å²) in [5.41, 5.74) is 1.37. The molecule has 3 heteroatoms. The Kier molecular flexibility index (Phi) is 6.09. The van der Waals surface area contributed by atoms with Crippen LogP contribution in [0.3, 0.4) is 0 Å². The number of benzene rings is 1. The molecule has 1 atom stereocenters. The molecule has 0 aromatic heterocycles. The molecule has 0 amide bonds. The smallest absolute Gasteiger partial charge is 0.0244 e. The van der Waals surface area contributed by atoms with Crippen LogP contribution in [0.15, 0.2) is 28.7 Å². The van der Waals surface area contributed by atoms with Crippen molar-refractivity contribution < 1.29 is 0 Å². The summed E-state index contributed by atoms with van der Waals surface area (Å²) in [5.74, 6) is 2.73. The van der Waals surface area contributed by atoms with Gasteiger partial charge in [-0.15, -0.1) is 12.3 Å². The van der Waals surface area contributed by atoms with Gasteiger partial charge in [0.05, 0.1) is 0 Å². The van der Waals surface area contributed by atoms with Crippen molar-refractivity contribution in [2.45, 2.75) is 44.8 Å². The second-order valence-corrected chi connectivity index (χ2v) is 6.47. The summed E-state index contributed by atoms with van der Waals surface area (Å²) < 4.78 is 1.21. The summed E-state index contributed by atoms with van der Waals surface area (Å²) >= 11 is 3.63. The Morgan fingerprint density at radius 2 is 2.10 bits per heavy atom. The summed E-state index contributed by atoms with van der Waals surface area (Å²) in [6.07, 6.45) is 8.59. The first-order valence-electron chi connectivity index (χ1n) is 7.34. The monoisotopic (exact) mass is 334 g/mol. The summed E-state index contributed by atoms with van der Waals surface area (Å²) in [6.45, 7) is 5.52. The van der Waals surface area contributed by atoms with E-state index < -0.39 is 0 Å². The Hall–Kier alpha value is -0.820. The molecular formula is C17H23BrN2. The Morgan fingerprint density at radius 1 is 1.40 bits per heavy atom. The van der Waals surface area contributed by atoms with Gasteiger partial charge in [0.25, 0.3) is 0 Å². The zero-order valence-electron chi connectivity index (χ0n) is 12.1. The van der Waals surface area contributed by atoms with Crippen molar-refractivity contribution in [1.29, 1.82) is 0 Å². The molecule has 1 N–H and O–H groups in total. The van der Waals surface area contributed by atoms with Crippen LogP contribution in [-0.2, 0) is 6.54 Å². The normalized spacial score (nSPS) is 18.6. The van der Waals surface area contributed by atoms with E-state index in [9.17, 15) is 0 Å². The highest BCUT2D eigenvalue weighted by Gasteiger charge is 2.20. The second kappa shape index (κ2) is 7.83. The number of terminal acetylenes is 1. The lowest BCUT2D eigenvalue weighted by Crippen LogP contribution is -2.45. The van der Waals surface area contributed by atoms with Crippen LogP contribution < -0.4 is 5.32 Å². The van der Waals surface area contributed by atoms with E-state index in [1.807, 2.05) is 0 Å². The summed E-state index contributed by atoms with van der Waals surface area (Å²) in [4.78, 5) is 2.53. The van der Waals surface area contributed by atoms with Gasteiger partial charge in [-0.2, -0.15) is 0 Å². The first-order chi connectivity index (χ1) is 9.69. The van der Waals surface area contributed by atoms with Crippen molar-refractivity contribution in [3.05, 3.63) is 34.3 Å². The maximum absolute atomic E-state index is 5.35. The standard InChI is InChI=1S/C17H23BrN2/c1-3-6-14(2)19-16-9-11-20(12-10-16)13-15-7-4-5-8-17(15)18/h1,4-5,7-8,14,16,19H,6,9-13H2,2H3/t14-/m0/s1. The molecule has 0 spiro atoms. The summed E-state index contributed by atoms with van der Waals surface area (Å²) in [7, 11) is 0. The van der Waals surface area contributed by atoms with Crippen molar-refractivity contribution in [2.75, 3.05) is 13.1 Å². The average molecular weight is 335 g/mol. The fourth-order valence-corrected chi connectivity index (χ4v) is 3.17. The SMILES string of the molecule is C#CC[C@H](C)NC1CCN(Cc2ccccc2Br)CC1. The minimum Gasteiger partial charge on any atom is -0.310 e. The molecule has 2 nitrogen and oxygen atoms in total. The van der Waals surface area contributed by atoms with Crippen LogP contribution in [0.1, 0.15) is 31.7 Å². The number of hydrogen-bond donors (Lipinski definition) is 1. The fraction of sp³-hybridized carbons (Fsp3) is 0.529. The third kappa shape index (κ3) is 4.63. The van der Waals surface area contributed by atoms with Crippen molar-refractivity contribution in [2.24, 2.45) is 0 Å². The molecule has 1 saturated heterocycles. The molecule has 1 aliphatic rings. The van der Waals surface area contributed by atoms with Gasteiger partial charge in [0.2, 0.25) is 0 Å². The van der Waals surface area contributed by atoms with Crippen LogP contribution in [0.4, 0.5) is 0 Å². The number of halogens is 1. The third-order valence-corrected chi connectivity index (χ3v) is 4.66. The molecular weight excluding hydrogens is 312 g/mol. The van der Waals surface area contributed by atoms with Crippen LogP contribution in [0.5, 0.6) is 0 Å². The Morgan fingerprint density at radius 3 is 2.75 bits per heavy atom. The Bertz CT molecular complexity index is 458. The lowest BCUT2D eigenvalue weighted by Gasteiger charge is -2.33. The number of likely N-dealkylation sites (tertiary alicyclic amines) is 1. The third-order valence-electron chi connectivity index (χ3n) is 3.88. The van der Waals surface area contributed by atoms with E-state index >= 15 is 0 Å².